The summed E-state index contributed by atoms with van der Waals surface area (Å²) in [5.41, 5.74) is 2.45. The van der Waals surface area contributed by atoms with Gasteiger partial charge in [-0.15, -0.1) is 0 Å². The van der Waals surface area contributed by atoms with E-state index in [9.17, 15) is 9.90 Å². The van der Waals surface area contributed by atoms with Crippen molar-refractivity contribution in [2.75, 3.05) is 0 Å². The minimum atomic E-state index is -0.586. The molecule has 1 fully saturated rings. The topological polar surface area (TPSA) is 37.3 Å². The summed E-state index contributed by atoms with van der Waals surface area (Å²) in [4.78, 5) is 11.2. The molecule has 1 aromatic carbocycles. The number of carboxylic acid groups (broad SMARTS) is 1. The van der Waals surface area contributed by atoms with Gasteiger partial charge in [0.15, 0.2) is 0 Å². The van der Waals surface area contributed by atoms with E-state index in [0.29, 0.717) is 5.92 Å². The number of carboxylic acids is 1. The van der Waals surface area contributed by atoms with Crippen molar-refractivity contribution in [3.8, 4) is 0 Å². The van der Waals surface area contributed by atoms with E-state index in [1.807, 2.05) is 0 Å². The Morgan fingerprint density at radius 2 is 2.12 bits per heavy atom. The summed E-state index contributed by atoms with van der Waals surface area (Å²) in [7, 11) is 0. The molecule has 2 heteroatoms. The van der Waals surface area contributed by atoms with Crippen molar-refractivity contribution in [1.82, 2.24) is 0 Å². The Labute approximate surface area is 95.3 Å². The summed E-state index contributed by atoms with van der Waals surface area (Å²) >= 11 is 0. The second-order valence-electron chi connectivity index (χ2n) is 5.22. The van der Waals surface area contributed by atoms with E-state index in [1.165, 1.54) is 11.1 Å². The number of fused-ring (bicyclic) bond motifs is 1. The van der Waals surface area contributed by atoms with Gasteiger partial charge >= 0.3 is 5.97 Å². The summed E-state index contributed by atoms with van der Waals surface area (Å²) in [6, 6.07) is 8.49. The summed E-state index contributed by atoms with van der Waals surface area (Å²) < 4.78 is 0. The molecule has 84 valence electrons. The van der Waals surface area contributed by atoms with Gasteiger partial charge in [0.05, 0.1) is 5.41 Å². The molecule has 2 nitrogen and oxygen atoms in total. The molecule has 1 atom stereocenters. The third kappa shape index (κ3) is 1.44. The van der Waals surface area contributed by atoms with Crippen LogP contribution in [0.5, 0.6) is 0 Å². The number of carbonyl (C=O) groups is 1. The van der Waals surface area contributed by atoms with Gasteiger partial charge in [0.1, 0.15) is 0 Å². The first-order valence-electron chi connectivity index (χ1n) is 6.02. The molecule has 1 unspecified atom stereocenters. The van der Waals surface area contributed by atoms with E-state index in [2.05, 4.69) is 24.3 Å². The highest BCUT2D eigenvalue weighted by Gasteiger charge is 2.51. The van der Waals surface area contributed by atoms with Crippen molar-refractivity contribution < 1.29 is 9.90 Å². The van der Waals surface area contributed by atoms with Crippen molar-refractivity contribution in [3.63, 3.8) is 0 Å². The Kier molecular flexibility index (Phi) is 2.06. The maximum absolute atomic E-state index is 11.2. The molecule has 0 saturated heterocycles. The fraction of sp³-hybridized carbons (Fsp3) is 0.500. The fourth-order valence-corrected chi connectivity index (χ4v) is 2.99. The largest absolute Gasteiger partial charge is 0.481 e. The van der Waals surface area contributed by atoms with Crippen LogP contribution in [0.3, 0.4) is 0 Å². The maximum atomic E-state index is 11.2. The van der Waals surface area contributed by atoms with Gasteiger partial charge in [0, 0.05) is 0 Å². The van der Waals surface area contributed by atoms with Crippen LogP contribution in [0.1, 0.15) is 42.7 Å². The quantitative estimate of drug-likeness (QED) is 0.843. The minimum Gasteiger partial charge on any atom is -0.481 e. The Bertz CT molecular complexity index is 432. The van der Waals surface area contributed by atoms with Gasteiger partial charge in [0.25, 0.3) is 0 Å². The van der Waals surface area contributed by atoms with Gasteiger partial charge in [-0.2, -0.15) is 0 Å². The lowest BCUT2D eigenvalue weighted by Crippen LogP contribution is -2.17. The second kappa shape index (κ2) is 3.34. The molecule has 3 rings (SSSR count). The lowest BCUT2D eigenvalue weighted by Gasteiger charge is -2.16. The smallest absolute Gasteiger partial charge is 0.309 e. The summed E-state index contributed by atoms with van der Waals surface area (Å²) in [6.07, 6.45) is 4.85. The molecule has 0 aromatic heterocycles. The van der Waals surface area contributed by atoms with Gasteiger partial charge in [-0.25, -0.2) is 0 Å². The normalized spacial score (nSPS) is 25.1. The minimum absolute atomic E-state index is 0.373. The standard InChI is InChI=1S/C14H16O2/c15-13(16)14(7-8-14)9-11-6-5-10-3-1-2-4-12(10)11/h1-4,11H,5-9H2,(H,15,16). The third-order valence-electron chi connectivity index (χ3n) is 4.20. The Morgan fingerprint density at radius 1 is 1.38 bits per heavy atom. The first-order chi connectivity index (χ1) is 7.71. The number of rotatable bonds is 3. The zero-order chi connectivity index (χ0) is 11.2. The highest BCUT2D eigenvalue weighted by molar-refractivity contribution is 5.77. The average molecular weight is 216 g/mol. The van der Waals surface area contributed by atoms with Crippen LogP contribution in [0.2, 0.25) is 0 Å². The third-order valence-corrected chi connectivity index (χ3v) is 4.20. The number of hydrogen-bond donors (Lipinski definition) is 1. The summed E-state index contributed by atoms with van der Waals surface area (Å²) in [5.74, 6) is -0.105. The van der Waals surface area contributed by atoms with Crippen LogP contribution in [0.4, 0.5) is 0 Å². The van der Waals surface area contributed by atoms with E-state index < -0.39 is 5.97 Å². The van der Waals surface area contributed by atoms with E-state index in [0.717, 1.165) is 32.1 Å². The average Bonchev–Trinajstić information content (AvgIpc) is 2.96. The molecule has 1 N–H and O–H groups in total. The van der Waals surface area contributed by atoms with Crippen LogP contribution in [-0.4, -0.2) is 11.1 Å². The van der Waals surface area contributed by atoms with Crippen LogP contribution in [0, 0.1) is 5.41 Å². The monoisotopic (exact) mass is 216 g/mol. The molecule has 0 amide bonds. The molecule has 0 radical (unpaired) electrons. The predicted molar refractivity (Wildman–Crippen MR) is 61.4 cm³/mol. The molecular weight excluding hydrogens is 200 g/mol. The van der Waals surface area contributed by atoms with Crippen LogP contribution in [-0.2, 0) is 11.2 Å². The molecule has 0 heterocycles. The van der Waals surface area contributed by atoms with Gasteiger partial charge in [-0.3, -0.25) is 4.79 Å². The first kappa shape index (κ1) is 9.88. The second-order valence-corrected chi connectivity index (χ2v) is 5.22. The number of aryl methyl sites for hydroxylation is 1. The Hall–Kier alpha value is -1.31. The molecular formula is C14H16O2. The zero-order valence-electron chi connectivity index (χ0n) is 9.28. The molecule has 1 saturated carbocycles. The predicted octanol–water partition coefficient (Wildman–Crippen LogP) is 2.97. The molecule has 1 aromatic rings. The van der Waals surface area contributed by atoms with Gasteiger partial charge in [-0.1, -0.05) is 24.3 Å². The van der Waals surface area contributed by atoms with E-state index >= 15 is 0 Å². The van der Waals surface area contributed by atoms with Crippen molar-refractivity contribution in [1.29, 1.82) is 0 Å². The van der Waals surface area contributed by atoms with Crippen LogP contribution >= 0.6 is 0 Å². The van der Waals surface area contributed by atoms with Crippen molar-refractivity contribution >= 4 is 5.97 Å². The van der Waals surface area contributed by atoms with Crippen LogP contribution < -0.4 is 0 Å². The maximum Gasteiger partial charge on any atom is 0.309 e. The van der Waals surface area contributed by atoms with Crippen molar-refractivity contribution in [2.45, 2.75) is 38.0 Å². The van der Waals surface area contributed by atoms with Gasteiger partial charge in [-0.05, 0) is 49.1 Å². The fourth-order valence-electron chi connectivity index (χ4n) is 2.99. The molecule has 0 aliphatic heterocycles. The Balaban J connectivity index is 1.81. The summed E-state index contributed by atoms with van der Waals surface area (Å²) in [6.45, 7) is 0. The Morgan fingerprint density at radius 3 is 2.81 bits per heavy atom. The van der Waals surface area contributed by atoms with Gasteiger partial charge < -0.3 is 5.11 Å². The van der Waals surface area contributed by atoms with Crippen LogP contribution in [0.25, 0.3) is 0 Å². The molecule has 0 spiro atoms. The number of aliphatic carboxylic acids is 1. The SMILES string of the molecule is O=C(O)C1(CC2CCc3ccccc32)CC1. The molecule has 0 bridgehead atoms. The molecule has 16 heavy (non-hydrogen) atoms. The van der Waals surface area contributed by atoms with Gasteiger partial charge in [0.2, 0.25) is 0 Å². The van der Waals surface area contributed by atoms with Crippen molar-refractivity contribution in [3.05, 3.63) is 35.4 Å². The lowest BCUT2D eigenvalue weighted by molar-refractivity contribution is -0.143. The lowest BCUT2D eigenvalue weighted by atomic mass is 9.88. The molecule has 2 aliphatic rings. The first-order valence-corrected chi connectivity index (χ1v) is 6.02. The van der Waals surface area contributed by atoms with E-state index in [1.54, 1.807) is 0 Å². The zero-order valence-corrected chi connectivity index (χ0v) is 9.28. The molecule has 2 aliphatic carbocycles. The number of benzene rings is 1. The summed E-state index contributed by atoms with van der Waals surface area (Å²) in [5, 5.41) is 9.21. The van der Waals surface area contributed by atoms with Crippen LogP contribution in [0.15, 0.2) is 24.3 Å². The van der Waals surface area contributed by atoms with Crippen molar-refractivity contribution in [2.24, 2.45) is 5.41 Å². The van der Waals surface area contributed by atoms with E-state index in [4.69, 9.17) is 0 Å². The number of hydrogen-bond acceptors (Lipinski definition) is 1. The highest BCUT2D eigenvalue weighted by Crippen LogP contribution is 2.54. The van der Waals surface area contributed by atoms with E-state index in [-0.39, 0.29) is 5.41 Å². The highest BCUT2D eigenvalue weighted by atomic mass is 16.4.